The van der Waals surface area contributed by atoms with Crippen LogP contribution < -0.4 is 10.0 Å². The number of aryl methyl sites for hydroxylation is 1. The lowest BCUT2D eigenvalue weighted by Crippen LogP contribution is -2.14. The van der Waals surface area contributed by atoms with Crippen molar-refractivity contribution in [1.29, 1.82) is 0 Å². The highest BCUT2D eigenvalue weighted by molar-refractivity contribution is 7.92. The van der Waals surface area contributed by atoms with Crippen LogP contribution in [0.25, 0.3) is 21.9 Å². The SMILES string of the molecule is CCn1nc(NS(=O)(=O)c2ccc(NC(C)=O)cc2)c2cc3ccccc3nc21. The zero-order valence-corrected chi connectivity index (χ0v) is 16.7. The Morgan fingerprint density at radius 1 is 1.10 bits per heavy atom. The molecule has 0 fully saturated rings. The lowest BCUT2D eigenvalue weighted by Gasteiger charge is -2.07. The number of sulfonamides is 1. The molecule has 0 radical (unpaired) electrons. The molecule has 1 amide bonds. The Morgan fingerprint density at radius 3 is 2.52 bits per heavy atom. The summed E-state index contributed by atoms with van der Waals surface area (Å²) >= 11 is 0. The maximum Gasteiger partial charge on any atom is 0.263 e. The number of hydrogen-bond acceptors (Lipinski definition) is 5. The van der Waals surface area contributed by atoms with Crippen molar-refractivity contribution in [3.05, 3.63) is 54.6 Å². The molecule has 0 unspecified atom stereocenters. The predicted molar refractivity (Wildman–Crippen MR) is 112 cm³/mol. The number of benzene rings is 2. The minimum absolute atomic E-state index is 0.0690. The van der Waals surface area contributed by atoms with E-state index < -0.39 is 10.0 Å². The first kappa shape index (κ1) is 18.9. The highest BCUT2D eigenvalue weighted by atomic mass is 32.2. The zero-order chi connectivity index (χ0) is 20.6. The minimum atomic E-state index is -3.86. The molecule has 2 heterocycles. The molecule has 0 bridgehead atoms. The first-order chi connectivity index (χ1) is 13.9. The second-order valence-electron chi connectivity index (χ2n) is 6.53. The molecular formula is C20H19N5O3S. The topological polar surface area (TPSA) is 106 Å². The molecule has 0 aliphatic carbocycles. The number of aromatic nitrogens is 3. The van der Waals surface area contributed by atoms with Crippen molar-refractivity contribution in [3.8, 4) is 0 Å². The number of rotatable bonds is 5. The van der Waals surface area contributed by atoms with Gasteiger partial charge < -0.3 is 5.32 Å². The number of pyridine rings is 1. The Bertz CT molecular complexity index is 1330. The quantitative estimate of drug-likeness (QED) is 0.526. The van der Waals surface area contributed by atoms with E-state index in [4.69, 9.17) is 0 Å². The number of fused-ring (bicyclic) bond motifs is 2. The van der Waals surface area contributed by atoms with E-state index in [0.717, 1.165) is 10.9 Å². The Labute approximate surface area is 167 Å². The van der Waals surface area contributed by atoms with Crippen molar-refractivity contribution in [2.24, 2.45) is 0 Å². The van der Waals surface area contributed by atoms with Gasteiger partial charge in [-0.05, 0) is 43.3 Å². The average Bonchev–Trinajstić information content (AvgIpc) is 3.02. The van der Waals surface area contributed by atoms with Crippen LogP contribution in [0.15, 0.2) is 59.5 Å². The number of amides is 1. The van der Waals surface area contributed by atoms with Crippen LogP contribution in [0.3, 0.4) is 0 Å². The third-order valence-corrected chi connectivity index (χ3v) is 5.79. The predicted octanol–water partition coefficient (Wildman–Crippen LogP) is 3.36. The number of para-hydroxylation sites is 1. The monoisotopic (exact) mass is 409 g/mol. The van der Waals surface area contributed by atoms with Crippen LogP contribution in [0.1, 0.15) is 13.8 Å². The molecule has 2 aromatic heterocycles. The number of hydrogen-bond donors (Lipinski definition) is 2. The van der Waals surface area contributed by atoms with E-state index in [1.165, 1.54) is 31.2 Å². The van der Waals surface area contributed by atoms with Crippen LogP contribution in [-0.2, 0) is 21.4 Å². The summed E-state index contributed by atoms with van der Waals surface area (Å²) in [7, 11) is -3.86. The van der Waals surface area contributed by atoms with Gasteiger partial charge in [0, 0.05) is 24.5 Å². The first-order valence-corrected chi connectivity index (χ1v) is 10.5. The van der Waals surface area contributed by atoms with Gasteiger partial charge in [0.15, 0.2) is 11.5 Å². The molecule has 0 saturated carbocycles. The van der Waals surface area contributed by atoms with Crippen molar-refractivity contribution in [2.45, 2.75) is 25.3 Å². The third kappa shape index (κ3) is 3.64. The van der Waals surface area contributed by atoms with Crippen LogP contribution in [0.4, 0.5) is 11.5 Å². The van der Waals surface area contributed by atoms with Crippen molar-refractivity contribution in [2.75, 3.05) is 10.0 Å². The molecule has 148 valence electrons. The van der Waals surface area contributed by atoms with Crippen LogP contribution >= 0.6 is 0 Å². The second-order valence-corrected chi connectivity index (χ2v) is 8.21. The standard InChI is InChI=1S/C20H19N5O3S/c1-3-25-20-17(12-14-6-4-5-7-18(14)22-20)19(23-25)24-29(27,28)16-10-8-15(9-11-16)21-13(2)26/h4-12H,3H2,1-2H3,(H,21,26)(H,23,24). The lowest BCUT2D eigenvalue weighted by atomic mass is 10.2. The summed E-state index contributed by atoms with van der Waals surface area (Å²) in [5.41, 5.74) is 1.95. The Balaban J connectivity index is 1.74. The molecule has 0 spiro atoms. The van der Waals surface area contributed by atoms with Gasteiger partial charge >= 0.3 is 0 Å². The number of nitrogens with one attached hydrogen (secondary N) is 2. The molecule has 29 heavy (non-hydrogen) atoms. The summed E-state index contributed by atoms with van der Waals surface area (Å²) in [6, 6.07) is 15.5. The third-order valence-electron chi connectivity index (χ3n) is 4.44. The fourth-order valence-corrected chi connectivity index (χ4v) is 4.12. The van der Waals surface area contributed by atoms with Gasteiger partial charge in [0.05, 0.1) is 15.8 Å². The number of carbonyl (C=O) groups is 1. The van der Waals surface area contributed by atoms with Gasteiger partial charge in [0.1, 0.15) is 0 Å². The molecule has 0 aliphatic rings. The van der Waals surface area contributed by atoms with Gasteiger partial charge in [0.25, 0.3) is 10.0 Å². The van der Waals surface area contributed by atoms with Crippen LogP contribution in [0.5, 0.6) is 0 Å². The Morgan fingerprint density at radius 2 is 1.83 bits per heavy atom. The Hall–Kier alpha value is -3.46. The zero-order valence-electron chi connectivity index (χ0n) is 15.9. The molecule has 4 rings (SSSR count). The molecular weight excluding hydrogens is 390 g/mol. The minimum Gasteiger partial charge on any atom is -0.326 e. The maximum atomic E-state index is 12.9. The summed E-state index contributed by atoms with van der Waals surface area (Å²) in [5.74, 6) is 0.000995. The fourth-order valence-electron chi connectivity index (χ4n) is 3.10. The molecule has 2 aromatic carbocycles. The molecule has 4 aromatic rings. The number of nitrogens with zero attached hydrogens (tertiary/aromatic N) is 3. The van der Waals surface area contributed by atoms with E-state index in [0.29, 0.717) is 23.3 Å². The van der Waals surface area contributed by atoms with Gasteiger partial charge in [0.2, 0.25) is 5.91 Å². The van der Waals surface area contributed by atoms with Gasteiger partial charge in [-0.3, -0.25) is 9.52 Å². The van der Waals surface area contributed by atoms with Gasteiger partial charge in [-0.1, -0.05) is 18.2 Å². The highest BCUT2D eigenvalue weighted by Crippen LogP contribution is 2.28. The Kier molecular flexibility index (Phi) is 4.67. The summed E-state index contributed by atoms with van der Waals surface area (Å²) in [4.78, 5) is 15.8. The average molecular weight is 409 g/mol. The van der Waals surface area contributed by atoms with Crippen LogP contribution in [-0.4, -0.2) is 29.1 Å². The highest BCUT2D eigenvalue weighted by Gasteiger charge is 2.20. The second kappa shape index (κ2) is 7.17. The number of anilines is 2. The van der Waals surface area contributed by atoms with Gasteiger partial charge in [-0.25, -0.2) is 18.1 Å². The molecule has 0 aliphatic heterocycles. The summed E-state index contributed by atoms with van der Waals surface area (Å²) in [5, 5.41) is 8.54. The van der Waals surface area contributed by atoms with Crippen molar-refractivity contribution < 1.29 is 13.2 Å². The molecule has 0 atom stereocenters. The van der Waals surface area contributed by atoms with E-state index in [-0.39, 0.29) is 16.6 Å². The van der Waals surface area contributed by atoms with E-state index in [1.807, 2.05) is 37.3 Å². The summed E-state index contributed by atoms with van der Waals surface area (Å²) in [6.45, 7) is 3.86. The lowest BCUT2D eigenvalue weighted by molar-refractivity contribution is -0.114. The molecule has 8 nitrogen and oxygen atoms in total. The fraction of sp³-hybridized carbons (Fsp3) is 0.150. The van der Waals surface area contributed by atoms with E-state index >= 15 is 0 Å². The normalized spacial score (nSPS) is 11.7. The van der Waals surface area contributed by atoms with Crippen LogP contribution in [0, 0.1) is 0 Å². The van der Waals surface area contributed by atoms with Crippen molar-refractivity contribution in [1.82, 2.24) is 14.8 Å². The van der Waals surface area contributed by atoms with Gasteiger partial charge in [-0.15, -0.1) is 0 Å². The largest absolute Gasteiger partial charge is 0.326 e. The van der Waals surface area contributed by atoms with Crippen molar-refractivity contribution >= 4 is 49.4 Å². The van der Waals surface area contributed by atoms with E-state index in [9.17, 15) is 13.2 Å². The summed E-state index contributed by atoms with van der Waals surface area (Å²) in [6.07, 6.45) is 0. The molecule has 9 heteroatoms. The van der Waals surface area contributed by atoms with Crippen LogP contribution in [0.2, 0.25) is 0 Å². The number of carbonyl (C=O) groups excluding carboxylic acids is 1. The maximum absolute atomic E-state index is 12.9. The summed E-state index contributed by atoms with van der Waals surface area (Å²) < 4.78 is 30.0. The molecule has 2 N–H and O–H groups in total. The first-order valence-electron chi connectivity index (χ1n) is 9.04. The van der Waals surface area contributed by atoms with E-state index in [2.05, 4.69) is 20.1 Å². The smallest absolute Gasteiger partial charge is 0.263 e. The van der Waals surface area contributed by atoms with E-state index in [1.54, 1.807) is 4.68 Å². The van der Waals surface area contributed by atoms with Gasteiger partial charge in [-0.2, -0.15) is 5.10 Å². The van der Waals surface area contributed by atoms with Crippen molar-refractivity contribution in [3.63, 3.8) is 0 Å². The molecule has 0 saturated heterocycles.